The second kappa shape index (κ2) is 5.28. The predicted molar refractivity (Wildman–Crippen MR) is 64.4 cm³/mol. The zero-order chi connectivity index (χ0) is 11.4. The van der Waals surface area contributed by atoms with Crippen molar-refractivity contribution in [2.24, 2.45) is 0 Å². The fourth-order valence-electron chi connectivity index (χ4n) is 1.08. The van der Waals surface area contributed by atoms with Gasteiger partial charge < -0.3 is 15.6 Å². The van der Waals surface area contributed by atoms with Gasteiger partial charge in [0, 0.05) is 10.1 Å². The largest absolute Gasteiger partial charge is 0.495 e. The van der Waals surface area contributed by atoms with Crippen molar-refractivity contribution in [3.63, 3.8) is 0 Å². The zero-order valence-corrected chi connectivity index (χ0v) is 10.0. The van der Waals surface area contributed by atoms with Gasteiger partial charge in [-0.25, -0.2) is 0 Å². The van der Waals surface area contributed by atoms with Crippen molar-refractivity contribution in [1.82, 2.24) is 0 Å². The van der Waals surface area contributed by atoms with Gasteiger partial charge in [-0.1, -0.05) is 6.92 Å². The molecule has 1 aromatic rings. The van der Waals surface area contributed by atoms with E-state index in [1.54, 1.807) is 25.8 Å². The lowest BCUT2D eigenvalue weighted by Crippen LogP contribution is -2.14. The van der Waals surface area contributed by atoms with Gasteiger partial charge in [-0.3, -0.25) is 0 Å². The quantitative estimate of drug-likeness (QED) is 0.611. The summed E-state index contributed by atoms with van der Waals surface area (Å²) in [7, 11) is 1.60. The van der Waals surface area contributed by atoms with Crippen LogP contribution in [0.1, 0.15) is 13.8 Å². The van der Waals surface area contributed by atoms with E-state index in [2.05, 4.69) is 0 Å². The highest BCUT2D eigenvalue weighted by Gasteiger charge is 2.11. The Bertz CT molecular complexity index is 328. The first kappa shape index (κ1) is 12.2. The van der Waals surface area contributed by atoms with E-state index in [4.69, 9.17) is 10.5 Å². The number of hydrogen-bond acceptors (Lipinski definition) is 4. The average Bonchev–Trinajstić information content (AvgIpc) is 2.20. The molecule has 84 valence electrons. The molecular weight excluding hydrogens is 210 g/mol. The van der Waals surface area contributed by atoms with E-state index in [0.717, 1.165) is 4.90 Å². The molecule has 0 amide bonds. The van der Waals surface area contributed by atoms with Gasteiger partial charge in [0.25, 0.3) is 0 Å². The van der Waals surface area contributed by atoms with Crippen molar-refractivity contribution in [3.8, 4) is 5.75 Å². The second-order valence-corrected chi connectivity index (χ2v) is 4.92. The smallest absolute Gasteiger partial charge is 0.142 e. The van der Waals surface area contributed by atoms with Crippen LogP contribution in [0.25, 0.3) is 0 Å². The monoisotopic (exact) mass is 227 g/mol. The molecule has 0 aliphatic carbocycles. The highest BCUT2D eigenvalue weighted by Crippen LogP contribution is 2.31. The van der Waals surface area contributed by atoms with E-state index in [1.165, 1.54) is 0 Å². The Morgan fingerprint density at radius 2 is 2.07 bits per heavy atom. The van der Waals surface area contributed by atoms with Crippen LogP contribution in [-0.4, -0.2) is 23.6 Å². The molecule has 0 spiro atoms. The first-order valence-corrected chi connectivity index (χ1v) is 5.70. The number of benzene rings is 1. The van der Waals surface area contributed by atoms with E-state index in [-0.39, 0.29) is 11.4 Å². The fraction of sp³-hybridized carbons (Fsp3) is 0.455. The van der Waals surface area contributed by atoms with Crippen molar-refractivity contribution in [2.45, 2.75) is 30.1 Å². The van der Waals surface area contributed by atoms with E-state index in [0.29, 0.717) is 11.4 Å². The van der Waals surface area contributed by atoms with E-state index < -0.39 is 0 Å². The van der Waals surface area contributed by atoms with Crippen molar-refractivity contribution in [3.05, 3.63) is 18.2 Å². The molecule has 0 aliphatic rings. The van der Waals surface area contributed by atoms with Crippen LogP contribution in [0, 0.1) is 0 Å². The lowest BCUT2D eigenvalue weighted by molar-refractivity contribution is 0.196. The molecule has 3 nitrogen and oxygen atoms in total. The minimum absolute atomic E-state index is 0.151. The summed E-state index contributed by atoms with van der Waals surface area (Å²) >= 11 is 1.60. The van der Waals surface area contributed by atoms with Crippen molar-refractivity contribution < 1.29 is 9.84 Å². The fourth-order valence-corrected chi connectivity index (χ4v) is 2.03. The molecule has 0 fully saturated rings. The number of ether oxygens (including phenoxy) is 1. The highest BCUT2D eigenvalue weighted by molar-refractivity contribution is 8.00. The van der Waals surface area contributed by atoms with E-state index >= 15 is 0 Å². The highest BCUT2D eigenvalue weighted by atomic mass is 32.2. The maximum absolute atomic E-state index is 9.39. The molecule has 0 saturated carbocycles. The summed E-state index contributed by atoms with van der Waals surface area (Å²) in [6.45, 7) is 3.77. The number of methoxy groups -OCH3 is 1. The van der Waals surface area contributed by atoms with Gasteiger partial charge in [0.15, 0.2) is 0 Å². The minimum atomic E-state index is -0.335. The summed E-state index contributed by atoms with van der Waals surface area (Å²) in [5, 5.41) is 9.54. The van der Waals surface area contributed by atoms with Crippen LogP contribution in [0.3, 0.4) is 0 Å². The first-order valence-electron chi connectivity index (χ1n) is 4.83. The molecule has 0 heterocycles. The molecule has 2 atom stereocenters. The van der Waals surface area contributed by atoms with Crippen LogP contribution in [0.5, 0.6) is 5.75 Å². The third-order valence-corrected chi connectivity index (χ3v) is 3.50. The van der Waals surface area contributed by atoms with Crippen LogP contribution < -0.4 is 10.5 Å². The van der Waals surface area contributed by atoms with E-state index in [9.17, 15) is 5.11 Å². The Morgan fingerprint density at radius 3 is 2.60 bits per heavy atom. The number of nitrogen functional groups attached to an aromatic ring is 1. The van der Waals surface area contributed by atoms with Gasteiger partial charge in [-0.2, -0.15) is 0 Å². The minimum Gasteiger partial charge on any atom is -0.495 e. The van der Waals surface area contributed by atoms with Crippen LogP contribution in [0.4, 0.5) is 5.69 Å². The Hall–Kier alpha value is -0.870. The molecule has 0 saturated heterocycles. The summed E-state index contributed by atoms with van der Waals surface area (Å²) in [5.41, 5.74) is 6.34. The number of aliphatic hydroxyl groups is 1. The number of anilines is 1. The van der Waals surface area contributed by atoms with Gasteiger partial charge in [-0.05, 0) is 25.1 Å². The summed E-state index contributed by atoms with van der Waals surface area (Å²) in [5.74, 6) is 0.679. The normalized spacial score (nSPS) is 14.7. The van der Waals surface area contributed by atoms with Crippen LogP contribution in [0.2, 0.25) is 0 Å². The van der Waals surface area contributed by atoms with Crippen molar-refractivity contribution >= 4 is 17.4 Å². The SMILES string of the molecule is COc1cc(SC(C)C(C)O)ccc1N. The summed E-state index contributed by atoms with van der Waals surface area (Å²) in [6, 6.07) is 5.64. The molecular formula is C11H17NO2S. The van der Waals surface area contributed by atoms with Crippen LogP contribution >= 0.6 is 11.8 Å². The van der Waals surface area contributed by atoms with Crippen molar-refractivity contribution in [2.75, 3.05) is 12.8 Å². The summed E-state index contributed by atoms with van der Waals surface area (Å²) in [4.78, 5) is 1.05. The number of aliphatic hydroxyl groups excluding tert-OH is 1. The Kier molecular flexibility index (Phi) is 4.29. The predicted octanol–water partition coefficient (Wildman–Crippen LogP) is 2.14. The number of hydrogen-bond donors (Lipinski definition) is 2. The lowest BCUT2D eigenvalue weighted by Gasteiger charge is -2.14. The van der Waals surface area contributed by atoms with Crippen molar-refractivity contribution in [1.29, 1.82) is 0 Å². The number of thioether (sulfide) groups is 1. The van der Waals surface area contributed by atoms with Crippen LogP contribution in [0.15, 0.2) is 23.1 Å². The third kappa shape index (κ3) is 3.32. The maximum Gasteiger partial charge on any atom is 0.142 e. The molecule has 0 aromatic heterocycles. The molecule has 15 heavy (non-hydrogen) atoms. The third-order valence-electron chi connectivity index (χ3n) is 2.21. The molecule has 1 aromatic carbocycles. The molecule has 2 unspecified atom stereocenters. The Labute approximate surface area is 94.6 Å². The van der Waals surface area contributed by atoms with Gasteiger partial charge in [0.1, 0.15) is 5.75 Å². The maximum atomic E-state index is 9.39. The molecule has 0 aliphatic heterocycles. The van der Waals surface area contributed by atoms with Gasteiger partial charge in [0.05, 0.1) is 18.9 Å². The number of rotatable bonds is 4. The van der Waals surface area contributed by atoms with E-state index in [1.807, 2.05) is 25.1 Å². The number of nitrogens with two attached hydrogens (primary N) is 1. The van der Waals surface area contributed by atoms with Gasteiger partial charge >= 0.3 is 0 Å². The molecule has 1 rings (SSSR count). The standard InChI is InChI=1S/C11H17NO2S/c1-7(13)8(2)15-9-4-5-10(12)11(6-9)14-3/h4-8,13H,12H2,1-3H3. The van der Waals surface area contributed by atoms with Crippen LogP contribution in [-0.2, 0) is 0 Å². The first-order chi connectivity index (χ1) is 7.04. The van der Waals surface area contributed by atoms with Gasteiger partial charge in [-0.15, -0.1) is 11.8 Å². The van der Waals surface area contributed by atoms with Gasteiger partial charge in [0.2, 0.25) is 0 Å². The zero-order valence-electron chi connectivity index (χ0n) is 9.23. The topological polar surface area (TPSA) is 55.5 Å². The Morgan fingerprint density at radius 1 is 1.40 bits per heavy atom. The molecule has 4 heteroatoms. The molecule has 3 N–H and O–H groups in total. The second-order valence-electron chi connectivity index (χ2n) is 3.47. The summed E-state index contributed by atoms with van der Waals surface area (Å²) in [6.07, 6.45) is -0.335. The molecule has 0 bridgehead atoms. The Balaban J connectivity index is 2.78. The molecule has 0 radical (unpaired) electrons. The lowest BCUT2D eigenvalue weighted by atomic mass is 10.3. The summed E-state index contributed by atoms with van der Waals surface area (Å²) < 4.78 is 5.13. The average molecular weight is 227 g/mol.